The fraction of sp³-hybridized carbons (Fsp3) is 0.421. The summed E-state index contributed by atoms with van der Waals surface area (Å²) in [5.74, 6) is 0.691. The Morgan fingerprint density at radius 2 is 2.17 bits per heavy atom. The zero-order chi connectivity index (χ0) is 16.9. The molecule has 1 aliphatic heterocycles. The molecule has 1 fully saturated rings. The van der Waals surface area contributed by atoms with E-state index in [0.29, 0.717) is 5.75 Å². The van der Waals surface area contributed by atoms with Crippen molar-refractivity contribution in [2.45, 2.75) is 38.6 Å². The number of benzene rings is 1. The Bertz CT molecular complexity index is 685. The van der Waals surface area contributed by atoms with Crippen LogP contribution in [0.4, 0.5) is 10.5 Å². The Balaban J connectivity index is 1.82. The van der Waals surface area contributed by atoms with E-state index in [2.05, 4.69) is 22.8 Å². The molecule has 4 nitrogen and oxygen atoms in total. The summed E-state index contributed by atoms with van der Waals surface area (Å²) in [6, 6.07) is 10.1. The van der Waals surface area contributed by atoms with Crippen LogP contribution in [0.3, 0.4) is 0 Å². The van der Waals surface area contributed by atoms with Crippen LogP contribution in [0, 0.1) is 6.92 Å². The normalized spacial score (nSPS) is 18.1. The average molecular weight is 344 g/mol. The number of methoxy groups -OCH3 is 1. The maximum absolute atomic E-state index is 13.0. The lowest BCUT2D eigenvalue weighted by Gasteiger charge is -2.29. The average Bonchev–Trinajstić information content (AvgIpc) is 2.99. The van der Waals surface area contributed by atoms with Crippen molar-refractivity contribution in [3.63, 3.8) is 0 Å². The number of hydrogen-bond donors (Lipinski definition) is 1. The van der Waals surface area contributed by atoms with Crippen molar-refractivity contribution in [1.29, 1.82) is 0 Å². The molecule has 0 aliphatic carbocycles. The molecule has 2 heterocycles. The minimum absolute atomic E-state index is 0.0424. The highest BCUT2D eigenvalue weighted by Gasteiger charge is 2.27. The fourth-order valence-electron chi connectivity index (χ4n) is 3.23. The molecule has 1 aliphatic rings. The molecule has 0 saturated carbocycles. The summed E-state index contributed by atoms with van der Waals surface area (Å²) in [6.45, 7) is 2.80. The first-order valence-corrected chi connectivity index (χ1v) is 9.32. The summed E-state index contributed by atoms with van der Waals surface area (Å²) in [5.41, 5.74) is 1.83. The molecule has 128 valence electrons. The summed E-state index contributed by atoms with van der Waals surface area (Å²) < 4.78 is 5.38. The van der Waals surface area contributed by atoms with Crippen molar-refractivity contribution in [2.24, 2.45) is 0 Å². The van der Waals surface area contributed by atoms with Gasteiger partial charge in [-0.3, -0.25) is 0 Å². The fourth-order valence-corrected chi connectivity index (χ4v) is 4.11. The highest BCUT2D eigenvalue weighted by molar-refractivity contribution is 7.10. The molecule has 1 saturated heterocycles. The van der Waals surface area contributed by atoms with Gasteiger partial charge in [0.25, 0.3) is 0 Å². The molecule has 24 heavy (non-hydrogen) atoms. The van der Waals surface area contributed by atoms with E-state index in [1.165, 1.54) is 17.7 Å². The number of likely N-dealkylation sites (tertiary alicyclic amines) is 1. The molecule has 1 atom stereocenters. The van der Waals surface area contributed by atoms with Crippen LogP contribution < -0.4 is 10.1 Å². The number of anilines is 1. The van der Waals surface area contributed by atoms with Crippen molar-refractivity contribution in [3.05, 3.63) is 46.2 Å². The summed E-state index contributed by atoms with van der Waals surface area (Å²) in [5, 5.41) is 5.14. The van der Waals surface area contributed by atoms with Crippen LogP contribution in [-0.4, -0.2) is 24.6 Å². The van der Waals surface area contributed by atoms with Gasteiger partial charge >= 0.3 is 6.03 Å². The number of urea groups is 1. The van der Waals surface area contributed by atoms with E-state index in [0.717, 1.165) is 30.6 Å². The second-order valence-corrected chi connectivity index (χ2v) is 7.19. The highest BCUT2D eigenvalue weighted by Crippen LogP contribution is 2.34. The minimum Gasteiger partial charge on any atom is -0.495 e. The van der Waals surface area contributed by atoms with Gasteiger partial charge in [0.1, 0.15) is 5.75 Å². The maximum atomic E-state index is 13.0. The van der Waals surface area contributed by atoms with E-state index < -0.39 is 0 Å². The van der Waals surface area contributed by atoms with Crippen molar-refractivity contribution in [1.82, 2.24) is 4.90 Å². The van der Waals surface area contributed by atoms with Gasteiger partial charge in [0.2, 0.25) is 0 Å². The molecule has 0 bridgehead atoms. The van der Waals surface area contributed by atoms with Gasteiger partial charge in [-0.1, -0.05) is 25.0 Å². The van der Waals surface area contributed by atoms with Crippen LogP contribution in [0.5, 0.6) is 5.75 Å². The van der Waals surface area contributed by atoms with Crippen LogP contribution >= 0.6 is 11.3 Å². The Morgan fingerprint density at radius 1 is 1.29 bits per heavy atom. The largest absolute Gasteiger partial charge is 0.495 e. The van der Waals surface area contributed by atoms with Gasteiger partial charge in [-0.25, -0.2) is 4.79 Å². The summed E-state index contributed by atoms with van der Waals surface area (Å²) in [7, 11) is 1.63. The number of rotatable bonds is 3. The van der Waals surface area contributed by atoms with E-state index in [1.807, 2.05) is 30.0 Å². The van der Waals surface area contributed by atoms with Crippen molar-refractivity contribution in [2.75, 3.05) is 19.0 Å². The topological polar surface area (TPSA) is 41.6 Å². The molecule has 2 aromatic rings. The molecule has 1 N–H and O–H groups in total. The van der Waals surface area contributed by atoms with Crippen molar-refractivity contribution in [3.8, 4) is 5.75 Å². The van der Waals surface area contributed by atoms with Gasteiger partial charge < -0.3 is 15.0 Å². The summed E-state index contributed by atoms with van der Waals surface area (Å²) >= 11 is 1.73. The standard InChI is InChI=1S/C19H24N2O2S/c1-14-9-10-17(23-2)15(13-14)20-19(22)21-11-5-3-4-7-16(21)18-8-6-12-24-18/h6,8-10,12-13,16H,3-5,7,11H2,1-2H3,(H,20,22). The van der Waals surface area contributed by atoms with Gasteiger partial charge in [0.15, 0.2) is 0 Å². The molecule has 1 unspecified atom stereocenters. The Morgan fingerprint density at radius 3 is 2.92 bits per heavy atom. The van der Waals surface area contributed by atoms with Crippen molar-refractivity contribution < 1.29 is 9.53 Å². The van der Waals surface area contributed by atoms with Gasteiger partial charge in [-0.05, 0) is 48.9 Å². The molecule has 1 aromatic carbocycles. The summed E-state index contributed by atoms with van der Waals surface area (Å²) in [6.07, 6.45) is 4.43. The number of carbonyl (C=O) groups excluding carboxylic acids is 1. The third-order valence-corrected chi connectivity index (χ3v) is 5.46. The molecule has 0 radical (unpaired) electrons. The first kappa shape index (κ1) is 16.8. The zero-order valence-corrected chi connectivity index (χ0v) is 15.1. The van der Waals surface area contributed by atoms with Gasteiger partial charge in [0, 0.05) is 11.4 Å². The molecule has 1 aromatic heterocycles. The lowest BCUT2D eigenvalue weighted by atomic mass is 10.1. The quantitative estimate of drug-likeness (QED) is 0.830. The summed E-state index contributed by atoms with van der Waals surface area (Å²) in [4.78, 5) is 16.2. The number of nitrogens with one attached hydrogen (secondary N) is 1. The smallest absolute Gasteiger partial charge is 0.322 e. The number of thiophene rings is 1. The number of ether oxygens (including phenoxy) is 1. The number of aryl methyl sites for hydroxylation is 1. The number of carbonyl (C=O) groups is 1. The maximum Gasteiger partial charge on any atom is 0.322 e. The molecule has 0 spiro atoms. The van der Waals surface area contributed by atoms with Crippen LogP contribution in [0.1, 0.15) is 42.2 Å². The van der Waals surface area contributed by atoms with E-state index >= 15 is 0 Å². The second kappa shape index (κ2) is 7.71. The van der Waals surface area contributed by atoms with E-state index in [9.17, 15) is 4.79 Å². The molecule has 2 amide bonds. The predicted octanol–water partition coefficient (Wildman–Crippen LogP) is 5.21. The zero-order valence-electron chi connectivity index (χ0n) is 14.2. The first-order valence-electron chi connectivity index (χ1n) is 8.44. The lowest BCUT2D eigenvalue weighted by Crippen LogP contribution is -2.37. The third kappa shape index (κ3) is 3.73. The van der Waals surface area contributed by atoms with E-state index in [4.69, 9.17) is 4.74 Å². The Kier molecular flexibility index (Phi) is 5.41. The molecule has 3 rings (SSSR count). The number of amides is 2. The SMILES string of the molecule is COc1ccc(C)cc1NC(=O)N1CCCCCC1c1cccs1. The molecule has 5 heteroatoms. The first-order chi connectivity index (χ1) is 11.7. The number of nitrogens with zero attached hydrogens (tertiary/aromatic N) is 1. The second-order valence-electron chi connectivity index (χ2n) is 6.21. The Labute approximate surface area is 147 Å². The number of hydrogen-bond acceptors (Lipinski definition) is 3. The van der Waals surface area contributed by atoms with Crippen molar-refractivity contribution >= 4 is 23.1 Å². The monoisotopic (exact) mass is 344 g/mol. The highest BCUT2D eigenvalue weighted by atomic mass is 32.1. The van der Waals surface area contributed by atoms with E-state index in [-0.39, 0.29) is 12.1 Å². The molecular weight excluding hydrogens is 320 g/mol. The van der Waals surface area contributed by atoms with Crippen LogP contribution in [-0.2, 0) is 0 Å². The van der Waals surface area contributed by atoms with E-state index in [1.54, 1.807) is 18.4 Å². The Hall–Kier alpha value is -2.01. The third-order valence-electron chi connectivity index (χ3n) is 4.48. The molecular formula is C19H24N2O2S. The van der Waals surface area contributed by atoms with Gasteiger partial charge in [-0.2, -0.15) is 0 Å². The van der Waals surface area contributed by atoms with Gasteiger partial charge in [-0.15, -0.1) is 11.3 Å². The minimum atomic E-state index is -0.0424. The van der Waals surface area contributed by atoms with Crippen LogP contribution in [0.15, 0.2) is 35.7 Å². The lowest BCUT2D eigenvalue weighted by molar-refractivity contribution is 0.190. The predicted molar refractivity (Wildman–Crippen MR) is 99.0 cm³/mol. The van der Waals surface area contributed by atoms with Crippen LogP contribution in [0.25, 0.3) is 0 Å². The van der Waals surface area contributed by atoms with Crippen LogP contribution in [0.2, 0.25) is 0 Å². The van der Waals surface area contributed by atoms with Gasteiger partial charge in [0.05, 0.1) is 18.8 Å².